The van der Waals surface area contributed by atoms with Gasteiger partial charge in [0.05, 0.1) is 36.5 Å². The Kier molecular flexibility index (Phi) is 7.07. The Bertz CT molecular complexity index is 1210. The van der Waals surface area contributed by atoms with Crippen LogP contribution in [0.3, 0.4) is 0 Å². The molecular formula is C26H27N3O4S. The van der Waals surface area contributed by atoms with E-state index < -0.39 is 12.0 Å². The number of fused-ring (bicyclic) bond motifs is 1. The molecule has 34 heavy (non-hydrogen) atoms. The van der Waals surface area contributed by atoms with Crippen molar-refractivity contribution in [2.24, 2.45) is 4.99 Å². The number of benzene rings is 1. The lowest BCUT2D eigenvalue weighted by atomic mass is 9.90. The molecule has 0 unspecified atom stereocenters. The van der Waals surface area contributed by atoms with Gasteiger partial charge in [-0.15, -0.1) is 0 Å². The Morgan fingerprint density at radius 2 is 2.12 bits per heavy atom. The van der Waals surface area contributed by atoms with Gasteiger partial charge < -0.3 is 19.4 Å². The van der Waals surface area contributed by atoms with Gasteiger partial charge in [0.2, 0.25) is 5.91 Å². The minimum Gasteiger partial charge on any atom is -0.467 e. The van der Waals surface area contributed by atoms with Crippen molar-refractivity contribution >= 4 is 28.8 Å². The van der Waals surface area contributed by atoms with E-state index in [1.165, 1.54) is 11.8 Å². The van der Waals surface area contributed by atoms with Crippen LogP contribution in [0.25, 0.3) is 0 Å². The van der Waals surface area contributed by atoms with Gasteiger partial charge in [-0.1, -0.05) is 48.2 Å². The molecule has 0 radical (unpaired) electrons. The molecule has 0 aliphatic carbocycles. The van der Waals surface area contributed by atoms with Gasteiger partial charge in [-0.05, 0) is 49.4 Å². The molecule has 1 aromatic heterocycles. The number of esters is 1. The molecule has 7 nitrogen and oxygen atoms in total. The van der Waals surface area contributed by atoms with Crippen molar-refractivity contribution in [3.63, 3.8) is 0 Å². The third-order valence-electron chi connectivity index (χ3n) is 5.66. The number of allylic oxidation sites excluding steroid dienone is 1. The van der Waals surface area contributed by atoms with E-state index in [0.29, 0.717) is 23.6 Å². The predicted octanol–water partition coefficient (Wildman–Crippen LogP) is 4.91. The van der Waals surface area contributed by atoms with E-state index in [2.05, 4.69) is 23.0 Å². The summed E-state index contributed by atoms with van der Waals surface area (Å²) in [6.45, 7) is 9.92. The molecule has 1 N–H and O–H groups in total. The first-order valence-corrected chi connectivity index (χ1v) is 11.9. The molecule has 1 atom stereocenters. The van der Waals surface area contributed by atoms with Crippen molar-refractivity contribution < 1.29 is 18.7 Å². The Hall–Kier alpha value is -3.52. The van der Waals surface area contributed by atoms with E-state index in [1.54, 1.807) is 18.4 Å². The number of hydrogen-bond donors (Lipinski definition) is 1. The molecule has 4 rings (SSSR count). The van der Waals surface area contributed by atoms with Crippen LogP contribution in [0.2, 0.25) is 0 Å². The van der Waals surface area contributed by atoms with Crippen molar-refractivity contribution in [2.75, 3.05) is 6.61 Å². The molecule has 1 aromatic carbocycles. The van der Waals surface area contributed by atoms with Gasteiger partial charge in [0.1, 0.15) is 12.4 Å². The third kappa shape index (κ3) is 4.87. The maximum absolute atomic E-state index is 13.2. The highest BCUT2D eigenvalue weighted by Gasteiger charge is 2.41. The summed E-state index contributed by atoms with van der Waals surface area (Å²) in [5, 5.41) is 5.55. The lowest BCUT2D eigenvalue weighted by Crippen LogP contribution is -2.38. The first kappa shape index (κ1) is 23.6. The number of nitrogens with zero attached hydrogens (tertiary/aromatic N) is 2. The Morgan fingerprint density at radius 3 is 2.85 bits per heavy atom. The Labute approximate surface area is 203 Å². The van der Waals surface area contributed by atoms with Gasteiger partial charge in [-0.2, -0.15) is 0 Å². The largest absolute Gasteiger partial charge is 0.467 e. The maximum Gasteiger partial charge on any atom is 0.338 e. The molecule has 2 aliphatic heterocycles. The number of furan rings is 1. The van der Waals surface area contributed by atoms with Crippen LogP contribution in [0.15, 0.2) is 81.0 Å². The van der Waals surface area contributed by atoms with Crippen molar-refractivity contribution in [1.29, 1.82) is 0 Å². The lowest BCUT2D eigenvalue weighted by molar-refractivity contribution is -0.138. The van der Waals surface area contributed by atoms with Gasteiger partial charge in [0.25, 0.3) is 0 Å². The summed E-state index contributed by atoms with van der Waals surface area (Å²) in [5.74, 6) is 0.0957. The summed E-state index contributed by atoms with van der Waals surface area (Å²) in [6, 6.07) is 9.30. The van der Waals surface area contributed by atoms with Crippen LogP contribution >= 0.6 is 11.8 Å². The maximum atomic E-state index is 13.2. The highest BCUT2D eigenvalue weighted by Crippen LogP contribution is 2.45. The zero-order chi connectivity index (χ0) is 24.2. The van der Waals surface area contributed by atoms with E-state index in [9.17, 15) is 9.59 Å². The lowest BCUT2D eigenvalue weighted by Gasteiger charge is -2.37. The van der Waals surface area contributed by atoms with E-state index in [0.717, 1.165) is 27.6 Å². The van der Waals surface area contributed by atoms with Gasteiger partial charge in [-0.25, -0.2) is 9.79 Å². The van der Waals surface area contributed by atoms with E-state index in [1.807, 2.05) is 49.3 Å². The van der Waals surface area contributed by atoms with Crippen LogP contribution in [0.1, 0.15) is 41.8 Å². The number of thioether (sulfide) groups is 1. The summed E-state index contributed by atoms with van der Waals surface area (Å²) in [6.07, 6.45) is 3.26. The molecule has 0 fully saturated rings. The first-order chi connectivity index (χ1) is 16.4. The summed E-state index contributed by atoms with van der Waals surface area (Å²) in [5.41, 5.74) is 4.93. The van der Waals surface area contributed by atoms with Crippen LogP contribution in [0, 0.1) is 13.8 Å². The van der Waals surface area contributed by atoms with Crippen LogP contribution in [-0.4, -0.2) is 28.6 Å². The number of carbonyl (C=O) groups is 2. The minimum absolute atomic E-state index is 0.109. The predicted molar refractivity (Wildman–Crippen MR) is 133 cm³/mol. The fourth-order valence-corrected chi connectivity index (χ4v) is 4.98. The molecule has 0 spiro atoms. The average Bonchev–Trinajstić information content (AvgIpc) is 3.47. The van der Waals surface area contributed by atoms with Gasteiger partial charge >= 0.3 is 5.97 Å². The Balaban J connectivity index is 1.67. The second-order valence-corrected chi connectivity index (χ2v) is 9.01. The molecule has 2 aromatic rings. The molecule has 1 amide bonds. The SMILES string of the molecule is C=CCOC(=O)C1=C(C)N=C2SC=C(CC(=O)NCc3ccco3)N2[C@H]1c1cc(C)ccc1C. The number of aryl methyl sites for hydroxylation is 2. The number of carbonyl (C=O) groups excluding carboxylic acids is 2. The van der Waals surface area contributed by atoms with E-state index in [-0.39, 0.29) is 18.9 Å². The first-order valence-electron chi connectivity index (χ1n) is 11.0. The van der Waals surface area contributed by atoms with E-state index >= 15 is 0 Å². The number of rotatable bonds is 8. The second-order valence-electron chi connectivity index (χ2n) is 8.17. The van der Waals surface area contributed by atoms with E-state index in [4.69, 9.17) is 9.15 Å². The standard InChI is InChI=1S/C26H27N3O4S/c1-5-10-33-25(31)23-18(4)28-26-29(24(23)21-12-16(2)8-9-17(21)3)19(15-34-26)13-22(30)27-14-20-7-6-11-32-20/h5-9,11-12,15,24H,1,10,13-14H2,2-4H3,(H,27,30)/t24-/m0/s1. The Morgan fingerprint density at radius 1 is 1.29 bits per heavy atom. The summed E-state index contributed by atoms with van der Waals surface area (Å²) in [7, 11) is 0. The smallest absolute Gasteiger partial charge is 0.338 e. The molecular weight excluding hydrogens is 450 g/mol. The molecule has 2 aliphatic rings. The molecule has 0 saturated carbocycles. The molecule has 3 heterocycles. The number of nitrogens with one attached hydrogen (secondary N) is 1. The van der Waals surface area contributed by atoms with Crippen molar-refractivity contribution in [3.05, 3.63) is 94.1 Å². The number of ether oxygens (including phenoxy) is 1. The average molecular weight is 478 g/mol. The van der Waals surface area contributed by atoms with Gasteiger partial charge in [0, 0.05) is 5.70 Å². The van der Waals surface area contributed by atoms with Crippen molar-refractivity contribution in [3.8, 4) is 0 Å². The fraction of sp³-hybridized carbons (Fsp3) is 0.269. The zero-order valence-corrected chi connectivity index (χ0v) is 20.3. The molecule has 8 heteroatoms. The highest BCUT2D eigenvalue weighted by atomic mass is 32.2. The number of amides is 1. The normalized spacial score (nSPS) is 17.1. The summed E-state index contributed by atoms with van der Waals surface area (Å²) >= 11 is 1.45. The minimum atomic E-state index is -0.455. The summed E-state index contributed by atoms with van der Waals surface area (Å²) in [4.78, 5) is 32.6. The quantitative estimate of drug-likeness (QED) is 0.430. The van der Waals surface area contributed by atoms with Crippen molar-refractivity contribution in [2.45, 2.75) is 39.8 Å². The van der Waals surface area contributed by atoms with Gasteiger partial charge in [0.15, 0.2) is 5.17 Å². The zero-order valence-electron chi connectivity index (χ0n) is 19.5. The monoisotopic (exact) mass is 477 g/mol. The van der Waals surface area contributed by atoms with Gasteiger partial charge in [-0.3, -0.25) is 4.79 Å². The molecule has 0 saturated heterocycles. The van der Waals surface area contributed by atoms with Crippen molar-refractivity contribution in [1.82, 2.24) is 10.2 Å². The third-order valence-corrected chi connectivity index (χ3v) is 6.55. The number of hydrogen-bond acceptors (Lipinski definition) is 7. The molecule has 176 valence electrons. The molecule has 0 bridgehead atoms. The van der Waals surface area contributed by atoms with Crippen LogP contribution in [0.4, 0.5) is 0 Å². The van der Waals surface area contributed by atoms with Crippen LogP contribution in [-0.2, 0) is 20.9 Å². The number of aliphatic imine (C=N–C) groups is 1. The fourth-order valence-electron chi connectivity index (χ4n) is 4.02. The van der Waals surface area contributed by atoms with Crippen LogP contribution in [0.5, 0.6) is 0 Å². The second kappa shape index (κ2) is 10.2. The summed E-state index contributed by atoms with van der Waals surface area (Å²) < 4.78 is 10.7. The topological polar surface area (TPSA) is 84.1 Å². The number of amidine groups is 1. The van der Waals surface area contributed by atoms with Crippen LogP contribution < -0.4 is 5.32 Å². The highest BCUT2D eigenvalue weighted by molar-refractivity contribution is 8.16.